The summed E-state index contributed by atoms with van der Waals surface area (Å²) in [4.78, 5) is 16.3. The van der Waals surface area contributed by atoms with Gasteiger partial charge in [-0.15, -0.1) is 11.8 Å². The zero-order valence-corrected chi connectivity index (χ0v) is 18.8. The van der Waals surface area contributed by atoms with Crippen LogP contribution in [-0.4, -0.2) is 42.2 Å². The molecule has 1 saturated heterocycles. The van der Waals surface area contributed by atoms with Crippen molar-refractivity contribution in [2.75, 3.05) is 25.4 Å². The minimum absolute atomic E-state index is 0.0512. The van der Waals surface area contributed by atoms with Gasteiger partial charge in [-0.1, -0.05) is 42.4 Å². The van der Waals surface area contributed by atoms with Crippen molar-refractivity contribution in [2.24, 2.45) is 0 Å². The first-order valence-corrected chi connectivity index (χ1v) is 11.5. The van der Waals surface area contributed by atoms with Crippen LogP contribution in [0.2, 0.25) is 0 Å². The van der Waals surface area contributed by atoms with Gasteiger partial charge in [-0.3, -0.25) is 9.69 Å². The summed E-state index contributed by atoms with van der Waals surface area (Å²) in [6.07, 6.45) is 9.19. The third kappa shape index (κ3) is 7.48. The average molecular weight is 401 g/mol. The van der Waals surface area contributed by atoms with Crippen LogP contribution in [0.3, 0.4) is 0 Å². The SMILES string of the molecule is CCN1CCCC1CNC(=O)c1ccccc1SCC=C(C)CCC=C(C)C. The molecule has 0 bridgehead atoms. The fourth-order valence-electron chi connectivity index (χ4n) is 3.59. The summed E-state index contributed by atoms with van der Waals surface area (Å²) in [5, 5.41) is 3.17. The quantitative estimate of drug-likeness (QED) is 0.405. The highest BCUT2D eigenvalue weighted by atomic mass is 32.2. The molecule has 1 aromatic rings. The molecule has 1 amide bonds. The molecule has 1 aliphatic heterocycles. The first-order valence-electron chi connectivity index (χ1n) is 10.5. The van der Waals surface area contributed by atoms with Crippen molar-refractivity contribution in [3.05, 3.63) is 53.1 Å². The summed E-state index contributed by atoms with van der Waals surface area (Å²) < 4.78 is 0. The molecule has 0 spiro atoms. The molecule has 0 saturated carbocycles. The van der Waals surface area contributed by atoms with Crippen LogP contribution < -0.4 is 5.32 Å². The summed E-state index contributed by atoms with van der Waals surface area (Å²) in [6, 6.07) is 8.45. The van der Waals surface area contributed by atoms with E-state index in [0.29, 0.717) is 6.04 Å². The second-order valence-corrected chi connectivity index (χ2v) is 8.87. The molecule has 1 aliphatic rings. The molecule has 1 aromatic carbocycles. The smallest absolute Gasteiger partial charge is 0.252 e. The molecule has 4 heteroatoms. The van der Waals surface area contributed by atoms with Crippen LogP contribution in [0, 0.1) is 0 Å². The van der Waals surface area contributed by atoms with E-state index < -0.39 is 0 Å². The Morgan fingerprint density at radius 3 is 2.79 bits per heavy atom. The Morgan fingerprint density at radius 1 is 1.25 bits per heavy atom. The van der Waals surface area contributed by atoms with Crippen molar-refractivity contribution in [1.29, 1.82) is 0 Å². The van der Waals surface area contributed by atoms with E-state index in [0.717, 1.165) is 48.7 Å². The van der Waals surface area contributed by atoms with Gasteiger partial charge in [-0.25, -0.2) is 0 Å². The number of allylic oxidation sites excluding steroid dienone is 3. The minimum Gasteiger partial charge on any atom is -0.350 e. The van der Waals surface area contributed by atoms with E-state index in [1.807, 2.05) is 18.2 Å². The number of carbonyl (C=O) groups is 1. The summed E-state index contributed by atoms with van der Waals surface area (Å²) in [6.45, 7) is 11.6. The predicted molar refractivity (Wildman–Crippen MR) is 122 cm³/mol. The molecule has 1 unspecified atom stereocenters. The molecular formula is C24H36N2OS. The Morgan fingerprint density at radius 2 is 2.04 bits per heavy atom. The standard InChI is InChI=1S/C24H36N2OS/c1-5-26-16-9-12-21(26)18-25-24(27)22-13-6-7-14-23(22)28-17-15-20(4)11-8-10-19(2)3/h6-7,10,13-15,21H,5,8-9,11-12,16-18H2,1-4H3,(H,25,27). The second-order valence-electron chi connectivity index (χ2n) is 7.81. The first kappa shape index (κ1) is 22.8. The Hall–Kier alpha value is -1.52. The number of benzene rings is 1. The number of nitrogens with zero attached hydrogens (tertiary/aromatic N) is 1. The molecule has 2 rings (SSSR count). The Kier molecular flexibility index (Phi) is 9.86. The van der Waals surface area contributed by atoms with Crippen LogP contribution in [0.4, 0.5) is 0 Å². The molecule has 1 heterocycles. The zero-order chi connectivity index (χ0) is 20.4. The molecular weight excluding hydrogens is 364 g/mol. The highest BCUT2D eigenvalue weighted by Crippen LogP contribution is 2.24. The van der Waals surface area contributed by atoms with Gasteiger partial charge in [0, 0.05) is 23.2 Å². The maximum atomic E-state index is 12.8. The molecule has 28 heavy (non-hydrogen) atoms. The monoisotopic (exact) mass is 400 g/mol. The summed E-state index contributed by atoms with van der Waals surface area (Å²) in [5.74, 6) is 0.951. The Bertz CT molecular complexity index is 692. The first-order chi connectivity index (χ1) is 13.5. The number of thioether (sulfide) groups is 1. The zero-order valence-electron chi connectivity index (χ0n) is 18.0. The maximum Gasteiger partial charge on any atom is 0.252 e. The summed E-state index contributed by atoms with van der Waals surface area (Å²) >= 11 is 1.74. The molecule has 1 atom stereocenters. The number of rotatable bonds is 10. The Balaban J connectivity index is 1.87. The van der Waals surface area contributed by atoms with Crippen molar-refractivity contribution < 1.29 is 4.79 Å². The summed E-state index contributed by atoms with van der Waals surface area (Å²) in [5.41, 5.74) is 3.58. The van der Waals surface area contributed by atoms with E-state index in [1.165, 1.54) is 24.0 Å². The van der Waals surface area contributed by atoms with E-state index in [4.69, 9.17) is 0 Å². The molecule has 1 N–H and O–H groups in total. The van der Waals surface area contributed by atoms with Gasteiger partial charge >= 0.3 is 0 Å². The summed E-state index contributed by atoms with van der Waals surface area (Å²) in [7, 11) is 0. The van der Waals surface area contributed by atoms with Crippen molar-refractivity contribution in [2.45, 2.75) is 64.3 Å². The lowest BCUT2D eigenvalue weighted by atomic mass is 10.1. The fourth-order valence-corrected chi connectivity index (χ4v) is 4.63. The van der Waals surface area contributed by atoms with Gasteiger partial charge in [0.1, 0.15) is 0 Å². The third-order valence-electron chi connectivity index (χ3n) is 5.30. The lowest BCUT2D eigenvalue weighted by molar-refractivity contribution is 0.0938. The van der Waals surface area contributed by atoms with Crippen molar-refractivity contribution in [3.8, 4) is 0 Å². The molecule has 0 aromatic heterocycles. The van der Waals surface area contributed by atoms with Crippen LogP contribution in [0.25, 0.3) is 0 Å². The number of amides is 1. The lowest BCUT2D eigenvalue weighted by Gasteiger charge is -2.23. The van der Waals surface area contributed by atoms with Crippen LogP contribution in [0.5, 0.6) is 0 Å². The van der Waals surface area contributed by atoms with E-state index in [9.17, 15) is 4.79 Å². The van der Waals surface area contributed by atoms with Crippen LogP contribution >= 0.6 is 11.8 Å². The number of nitrogens with one attached hydrogen (secondary N) is 1. The molecule has 154 valence electrons. The number of hydrogen-bond donors (Lipinski definition) is 1. The lowest BCUT2D eigenvalue weighted by Crippen LogP contribution is -2.40. The maximum absolute atomic E-state index is 12.8. The second kappa shape index (κ2) is 12.1. The van der Waals surface area contributed by atoms with Crippen molar-refractivity contribution in [3.63, 3.8) is 0 Å². The van der Waals surface area contributed by atoms with Crippen molar-refractivity contribution >= 4 is 17.7 Å². The van der Waals surface area contributed by atoms with Gasteiger partial charge in [-0.2, -0.15) is 0 Å². The van der Waals surface area contributed by atoms with Gasteiger partial charge in [0.25, 0.3) is 5.91 Å². The van der Waals surface area contributed by atoms with Gasteiger partial charge in [0.2, 0.25) is 0 Å². The predicted octanol–water partition coefficient (Wildman–Crippen LogP) is 5.69. The number of likely N-dealkylation sites (N-methyl/N-ethyl adjacent to an activating group) is 1. The highest BCUT2D eigenvalue weighted by molar-refractivity contribution is 7.99. The van der Waals surface area contributed by atoms with Gasteiger partial charge < -0.3 is 5.32 Å². The number of carbonyl (C=O) groups excluding carboxylic acids is 1. The van der Waals surface area contributed by atoms with Crippen molar-refractivity contribution in [1.82, 2.24) is 10.2 Å². The topological polar surface area (TPSA) is 32.3 Å². The van der Waals surface area contributed by atoms with Gasteiger partial charge in [-0.05, 0) is 71.7 Å². The van der Waals surface area contributed by atoms with Gasteiger partial charge in [0.05, 0.1) is 5.56 Å². The van der Waals surface area contributed by atoms with E-state index in [-0.39, 0.29) is 5.91 Å². The van der Waals surface area contributed by atoms with E-state index in [1.54, 1.807) is 11.8 Å². The molecule has 0 radical (unpaired) electrons. The fraction of sp³-hybridized carbons (Fsp3) is 0.542. The van der Waals surface area contributed by atoms with E-state index >= 15 is 0 Å². The molecule has 1 fully saturated rings. The third-order valence-corrected chi connectivity index (χ3v) is 6.30. The number of hydrogen-bond acceptors (Lipinski definition) is 3. The number of likely N-dealkylation sites (tertiary alicyclic amines) is 1. The molecule has 3 nitrogen and oxygen atoms in total. The normalized spacial score (nSPS) is 17.6. The average Bonchev–Trinajstić information content (AvgIpc) is 3.14. The van der Waals surface area contributed by atoms with Gasteiger partial charge in [0.15, 0.2) is 0 Å². The largest absolute Gasteiger partial charge is 0.350 e. The molecule has 0 aliphatic carbocycles. The Labute approximate surface area is 175 Å². The van der Waals surface area contributed by atoms with Crippen LogP contribution in [0.15, 0.2) is 52.5 Å². The van der Waals surface area contributed by atoms with Crippen LogP contribution in [0.1, 0.15) is 63.7 Å². The highest BCUT2D eigenvalue weighted by Gasteiger charge is 2.23. The minimum atomic E-state index is 0.0512. The van der Waals surface area contributed by atoms with E-state index in [2.05, 4.69) is 56.1 Å². The van der Waals surface area contributed by atoms with Crippen LogP contribution in [-0.2, 0) is 0 Å².